The number of likely N-dealkylation sites (tertiary alicyclic amines) is 1. The number of halogens is 5. The van der Waals surface area contributed by atoms with Crippen LogP contribution in [0.3, 0.4) is 0 Å². The van der Waals surface area contributed by atoms with Gasteiger partial charge in [0.05, 0.1) is 11.0 Å². The molecular weight excluding hydrogens is 475 g/mol. The Bertz CT molecular complexity index is 1060. The number of piperidine rings is 1. The fourth-order valence-corrected chi connectivity index (χ4v) is 5.90. The van der Waals surface area contributed by atoms with Crippen molar-refractivity contribution in [2.45, 2.75) is 70.4 Å². The molecule has 0 bridgehead atoms. The average molecular weight is 509 g/mol. The zero-order chi connectivity index (χ0) is 26.1. The highest BCUT2D eigenvalue weighted by Crippen LogP contribution is 2.48. The number of amides is 1. The monoisotopic (exact) mass is 508 g/mol. The van der Waals surface area contributed by atoms with Gasteiger partial charge in [-0.1, -0.05) is 44.2 Å². The number of carbonyl (C=O) groups is 1. The second-order valence-electron chi connectivity index (χ2n) is 10.6. The lowest BCUT2D eigenvalue weighted by Gasteiger charge is -2.40. The van der Waals surface area contributed by atoms with E-state index < -0.39 is 28.6 Å². The molecule has 1 saturated heterocycles. The molecule has 1 heterocycles. The van der Waals surface area contributed by atoms with Crippen LogP contribution in [0.15, 0.2) is 48.5 Å². The van der Waals surface area contributed by atoms with E-state index in [1.165, 1.54) is 0 Å². The SMILES string of the molecule is CC(C)C1(C(=O)NCc2cc(F)cc(C(F)(F)F)c2)CCC(N2CCC(F)(c3ccccc3)CC2)C1. The number of nitrogens with zero attached hydrogens (tertiary/aromatic N) is 1. The van der Waals surface area contributed by atoms with Crippen molar-refractivity contribution in [3.05, 3.63) is 71.0 Å². The minimum absolute atomic E-state index is 0.00937. The molecule has 2 aliphatic rings. The van der Waals surface area contributed by atoms with Crippen molar-refractivity contribution in [2.75, 3.05) is 13.1 Å². The van der Waals surface area contributed by atoms with Crippen molar-refractivity contribution in [3.8, 4) is 0 Å². The molecule has 0 radical (unpaired) electrons. The summed E-state index contributed by atoms with van der Waals surface area (Å²) in [5, 5.41) is 2.78. The van der Waals surface area contributed by atoms with Gasteiger partial charge >= 0.3 is 6.18 Å². The van der Waals surface area contributed by atoms with E-state index in [4.69, 9.17) is 0 Å². The van der Waals surface area contributed by atoms with Crippen LogP contribution in [-0.2, 0) is 23.2 Å². The Kier molecular flexibility index (Phi) is 7.47. The number of hydrogen-bond donors (Lipinski definition) is 1. The first-order valence-corrected chi connectivity index (χ1v) is 12.6. The van der Waals surface area contributed by atoms with Crippen LogP contribution in [0.25, 0.3) is 0 Å². The molecule has 2 aromatic carbocycles. The standard InChI is InChI=1S/C28H33F5N2O/c1-19(2)26(25(36)34-18-20-14-22(28(31,32)33)16-23(29)15-20)9-8-24(17-26)35-12-10-27(30,11-13-35)21-6-4-3-5-7-21/h3-7,14-16,19,24H,8-13,17-18H2,1-2H3,(H,34,36). The zero-order valence-electron chi connectivity index (χ0n) is 20.7. The summed E-state index contributed by atoms with van der Waals surface area (Å²) in [6.07, 6.45) is -1.81. The van der Waals surface area contributed by atoms with E-state index in [-0.39, 0.29) is 30.0 Å². The van der Waals surface area contributed by atoms with Crippen LogP contribution in [0.4, 0.5) is 22.0 Å². The smallest absolute Gasteiger partial charge is 0.352 e. The van der Waals surface area contributed by atoms with Crippen molar-refractivity contribution < 1.29 is 26.7 Å². The number of alkyl halides is 4. The van der Waals surface area contributed by atoms with Crippen LogP contribution in [0.5, 0.6) is 0 Å². The maximum Gasteiger partial charge on any atom is 0.416 e. The first-order chi connectivity index (χ1) is 16.9. The van der Waals surface area contributed by atoms with Crippen molar-refractivity contribution in [1.29, 1.82) is 0 Å². The highest BCUT2D eigenvalue weighted by Gasteiger charge is 2.50. The van der Waals surface area contributed by atoms with Crippen molar-refractivity contribution in [1.82, 2.24) is 10.2 Å². The maximum absolute atomic E-state index is 15.6. The Morgan fingerprint density at radius 1 is 1.08 bits per heavy atom. The van der Waals surface area contributed by atoms with Crippen molar-refractivity contribution >= 4 is 5.91 Å². The lowest BCUT2D eigenvalue weighted by molar-refractivity contribution is -0.137. The van der Waals surface area contributed by atoms with Gasteiger partial charge in [-0.2, -0.15) is 13.2 Å². The normalized spacial score (nSPS) is 24.7. The van der Waals surface area contributed by atoms with Crippen LogP contribution in [0.2, 0.25) is 0 Å². The molecule has 36 heavy (non-hydrogen) atoms. The van der Waals surface area contributed by atoms with Gasteiger partial charge in [0.1, 0.15) is 11.5 Å². The Morgan fingerprint density at radius 3 is 2.36 bits per heavy atom. The third kappa shape index (κ3) is 5.43. The molecule has 1 N–H and O–H groups in total. The van der Waals surface area contributed by atoms with E-state index >= 15 is 4.39 Å². The molecule has 0 aromatic heterocycles. The number of nitrogens with one attached hydrogen (secondary N) is 1. The molecule has 8 heteroatoms. The van der Waals surface area contributed by atoms with E-state index in [1.54, 1.807) is 0 Å². The van der Waals surface area contributed by atoms with Crippen LogP contribution < -0.4 is 5.32 Å². The maximum atomic E-state index is 15.6. The van der Waals surface area contributed by atoms with Gasteiger partial charge in [0.2, 0.25) is 5.91 Å². The van der Waals surface area contributed by atoms with Gasteiger partial charge in [-0.3, -0.25) is 4.79 Å². The van der Waals surface area contributed by atoms with Gasteiger partial charge in [0, 0.05) is 25.7 Å². The fourth-order valence-electron chi connectivity index (χ4n) is 5.90. The first-order valence-electron chi connectivity index (χ1n) is 12.6. The highest BCUT2D eigenvalue weighted by molar-refractivity contribution is 5.83. The van der Waals surface area contributed by atoms with Gasteiger partial charge in [-0.05, 0) is 67.3 Å². The third-order valence-corrected chi connectivity index (χ3v) is 8.22. The van der Waals surface area contributed by atoms with Gasteiger partial charge < -0.3 is 10.2 Å². The molecule has 1 amide bonds. The number of rotatable bonds is 6. The molecule has 2 unspecified atom stereocenters. The highest BCUT2D eigenvalue weighted by atomic mass is 19.4. The third-order valence-electron chi connectivity index (χ3n) is 8.22. The topological polar surface area (TPSA) is 32.3 Å². The molecule has 2 fully saturated rings. The van der Waals surface area contributed by atoms with Crippen LogP contribution >= 0.6 is 0 Å². The lowest BCUT2D eigenvalue weighted by Crippen LogP contribution is -2.47. The Hall–Kier alpha value is -2.48. The predicted octanol–water partition coefficient (Wildman–Crippen LogP) is 6.62. The Morgan fingerprint density at radius 2 is 1.75 bits per heavy atom. The largest absolute Gasteiger partial charge is 0.416 e. The fraction of sp³-hybridized carbons (Fsp3) is 0.536. The summed E-state index contributed by atoms with van der Waals surface area (Å²) in [6, 6.07) is 11.7. The van der Waals surface area contributed by atoms with E-state index in [0.717, 1.165) is 18.6 Å². The molecule has 2 atom stereocenters. The Labute approximate surface area is 209 Å². The van der Waals surface area contributed by atoms with E-state index in [1.807, 2.05) is 44.2 Å². The minimum atomic E-state index is -4.66. The summed E-state index contributed by atoms with van der Waals surface area (Å²) in [4.78, 5) is 15.6. The average Bonchev–Trinajstić information content (AvgIpc) is 3.30. The second kappa shape index (κ2) is 10.1. The molecule has 1 aliphatic carbocycles. The van der Waals surface area contributed by atoms with Crippen LogP contribution in [0.1, 0.15) is 62.6 Å². The van der Waals surface area contributed by atoms with Crippen molar-refractivity contribution in [2.24, 2.45) is 11.3 Å². The lowest BCUT2D eigenvalue weighted by atomic mass is 9.74. The number of carbonyl (C=O) groups excluding carboxylic acids is 1. The molecule has 3 nitrogen and oxygen atoms in total. The summed E-state index contributed by atoms with van der Waals surface area (Å²) in [5.74, 6) is -1.20. The minimum Gasteiger partial charge on any atom is -0.352 e. The molecule has 1 saturated carbocycles. The summed E-state index contributed by atoms with van der Waals surface area (Å²) >= 11 is 0. The van der Waals surface area contributed by atoms with Crippen LogP contribution in [0, 0.1) is 17.2 Å². The number of hydrogen-bond acceptors (Lipinski definition) is 2. The van der Waals surface area contributed by atoms with Crippen LogP contribution in [-0.4, -0.2) is 29.9 Å². The Balaban J connectivity index is 1.40. The molecule has 2 aromatic rings. The van der Waals surface area contributed by atoms with Crippen molar-refractivity contribution in [3.63, 3.8) is 0 Å². The van der Waals surface area contributed by atoms with E-state index in [2.05, 4.69) is 10.2 Å². The molecule has 0 spiro atoms. The van der Waals surface area contributed by atoms with E-state index in [9.17, 15) is 22.4 Å². The summed E-state index contributed by atoms with van der Waals surface area (Å²) in [5.41, 5.74) is -2.31. The zero-order valence-corrected chi connectivity index (χ0v) is 20.7. The second-order valence-corrected chi connectivity index (χ2v) is 10.6. The number of benzene rings is 2. The summed E-state index contributed by atoms with van der Waals surface area (Å²) < 4.78 is 68.5. The summed E-state index contributed by atoms with van der Waals surface area (Å²) in [6.45, 7) is 4.99. The predicted molar refractivity (Wildman–Crippen MR) is 128 cm³/mol. The van der Waals surface area contributed by atoms with Gasteiger partial charge in [0.15, 0.2) is 0 Å². The molecular formula is C28H33F5N2O. The molecule has 4 rings (SSSR count). The molecule has 1 aliphatic heterocycles. The summed E-state index contributed by atoms with van der Waals surface area (Å²) in [7, 11) is 0. The first kappa shape index (κ1) is 26.6. The van der Waals surface area contributed by atoms with Gasteiger partial charge in [-0.25, -0.2) is 8.78 Å². The molecule has 196 valence electrons. The quantitative estimate of drug-likeness (QED) is 0.445. The van der Waals surface area contributed by atoms with Gasteiger partial charge in [-0.15, -0.1) is 0 Å². The van der Waals surface area contributed by atoms with Gasteiger partial charge in [0.25, 0.3) is 0 Å². The van der Waals surface area contributed by atoms with E-state index in [0.29, 0.717) is 50.4 Å².